The third-order valence-corrected chi connectivity index (χ3v) is 4.17. The van der Waals surface area contributed by atoms with E-state index in [0.29, 0.717) is 21.6 Å². The van der Waals surface area contributed by atoms with Crippen molar-refractivity contribution < 1.29 is 14.1 Å². The zero-order valence-electron chi connectivity index (χ0n) is 13.8. The third kappa shape index (κ3) is 4.15. The molecule has 2 aromatic heterocycles. The van der Waals surface area contributed by atoms with Gasteiger partial charge in [0.05, 0.1) is 11.3 Å². The number of carbonyl (C=O) groups is 1. The molecular weight excluding hydrogens is 402 g/mol. The average Bonchev–Trinajstić information content (AvgIpc) is 3.20. The van der Waals surface area contributed by atoms with Gasteiger partial charge in [-0.3, -0.25) is 4.79 Å². The van der Waals surface area contributed by atoms with Crippen LogP contribution in [0.3, 0.4) is 0 Å². The van der Waals surface area contributed by atoms with Crippen molar-refractivity contribution in [2.24, 2.45) is 0 Å². The molecule has 0 aliphatic rings. The van der Waals surface area contributed by atoms with Crippen LogP contribution in [-0.4, -0.2) is 20.5 Å². The number of furan rings is 1. The van der Waals surface area contributed by atoms with Crippen LogP contribution < -0.4 is 0 Å². The summed E-state index contributed by atoms with van der Waals surface area (Å²) in [5.41, 5.74) is 1.69. The van der Waals surface area contributed by atoms with Crippen LogP contribution in [-0.2, 0) is 6.54 Å². The summed E-state index contributed by atoms with van der Waals surface area (Å²) >= 11 is 3.10. The first-order chi connectivity index (χ1) is 12.4. The predicted octanol–water partition coefficient (Wildman–Crippen LogP) is 4.40. The molecule has 3 rings (SSSR count). The topological polar surface area (TPSA) is 91.2 Å². The number of aromatic nitrogens is 2. The molecule has 0 aliphatic heterocycles. The van der Waals surface area contributed by atoms with Crippen LogP contribution in [0.1, 0.15) is 27.4 Å². The number of carbonyl (C=O) groups excluding carboxylic acids is 1. The van der Waals surface area contributed by atoms with Gasteiger partial charge >= 0.3 is 5.82 Å². The Morgan fingerprint density at radius 2 is 2.04 bits per heavy atom. The summed E-state index contributed by atoms with van der Waals surface area (Å²) in [5.74, 6) is 0.716. The van der Waals surface area contributed by atoms with E-state index in [4.69, 9.17) is 4.42 Å². The number of hydrogen-bond acceptors (Lipinski definition) is 5. The van der Waals surface area contributed by atoms with Crippen molar-refractivity contribution in [1.82, 2.24) is 9.78 Å². The van der Waals surface area contributed by atoms with E-state index in [1.807, 2.05) is 19.1 Å². The maximum absolute atomic E-state index is 12.1. The second-order valence-corrected chi connectivity index (χ2v) is 6.48. The lowest BCUT2D eigenvalue weighted by Gasteiger charge is -1.96. The Balaban J connectivity index is 1.68. The summed E-state index contributed by atoms with van der Waals surface area (Å²) in [6.45, 7) is 2.20. The van der Waals surface area contributed by atoms with Gasteiger partial charge in [-0.15, -0.1) is 0 Å². The van der Waals surface area contributed by atoms with Crippen molar-refractivity contribution in [2.75, 3.05) is 0 Å². The number of halogens is 1. The van der Waals surface area contributed by atoms with Crippen molar-refractivity contribution >= 4 is 33.6 Å². The molecule has 0 spiro atoms. The SMILES string of the molecule is Cc1ccc(C(=O)/C=C/c2ccc(Cn3cc(Br)c([N+](=O)[O-])n3)o2)cc1. The van der Waals surface area contributed by atoms with Gasteiger partial charge < -0.3 is 14.5 Å². The minimum atomic E-state index is -0.562. The van der Waals surface area contributed by atoms with Gasteiger partial charge in [0, 0.05) is 5.56 Å². The first-order valence-corrected chi connectivity index (χ1v) is 8.47. The Kier molecular flexibility index (Phi) is 5.13. The summed E-state index contributed by atoms with van der Waals surface area (Å²) in [5, 5.41) is 14.7. The van der Waals surface area contributed by atoms with Crippen molar-refractivity contribution in [3.05, 3.63) is 85.9 Å². The number of allylic oxidation sites excluding steroid dienone is 1. The Hall–Kier alpha value is -3.00. The fraction of sp³-hybridized carbons (Fsp3) is 0.111. The smallest absolute Gasteiger partial charge is 0.404 e. The molecule has 8 heteroatoms. The highest BCUT2D eigenvalue weighted by atomic mass is 79.9. The minimum Gasteiger partial charge on any atom is -0.460 e. The highest BCUT2D eigenvalue weighted by Crippen LogP contribution is 2.23. The number of benzene rings is 1. The summed E-state index contributed by atoms with van der Waals surface area (Å²) in [6.07, 6.45) is 4.55. The molecule has 26 heavy (non-hydrogen) atoms. The van der Waals surface area contributed by atoms with Crippen LogP contribution in [0.15, 0.2) is 57.6 Å². The van der Waals surface area contributed by atoms with E-state index in [9.17, 15) is 14.9 Å². The highest BCUT2D eigenvalue weighted by molar-refractivity contribution is 9.10. The Labute approximate surface area is 157 Å². The van der Waals surface area contributed by atoms with Gasteiger partial charge in [-0.25, -0.2) is 0 Å². The lowest BCUT2D eigenvalue weighted by Crippen LogP contribution is -2.00. The first kappa shape index (κ1) is 17.8. The second kappa shape index (κ2) is 7.49. The zero-order chi connectivity index (χ0) is 18.7. The Bertz CT molecular complexity index is 986. The van der Waals surface area contributed by atoms with Crippen molar-refractivity contribution in [3.8, 4) is 0 Å². The largest absolute Gasteiger partial charge is 0.460 e. The molecule has 1 aromatic carbocycles. The number of aryl methyl sites for hydroxylation is 1. The monoisotopic (exact) mass is 415 g/mol. The van der Waals surface area contributed by atoms with E-state index < -0.39 is 4.92 Å². The average molecular weight is 416 g/mol. The normalized spacial score (nSPS) is 11.2. The molecule has 3 aromatic rings. The van der Waals surface area contributed by atoms with Crippen LogP contribution in [0.2, 0.25) is 0 Å². The summed E-state index contributed by atoms with van der Waals surface area (Å²) in [4.78, 5) is 22.4. The van der Waals surface area contributed by atoms with Gasteiger partial charge in [0.15, 0.2) is 5.78 Å². The molecule has 0 aliphatic carbocycles. The summed E-state index contributed by atoms with van der Waals surface area (Å²) in [7, 11) is 0. The van der Waals surface area contributed by atoms with Gasteiger partial charge in [-0.05, 0) is 52.1 Å². The van der Waals surface area contributed by atoms with Crippen molar-refractivity contribution in [1.29, 1.82) is 0 Å². The number of rotatable bonds is 6. The molecule has 0 N–H and O–H groups in total. The zero-order valence-corrected chi connectivity index (χ0v) is 15.3. The van der Waals surface area contributed by atoms with Gasteiger partial charge in [0.1, 0.15) is 22.5 Å². The number of hydrogen-bond donors (Lipinski definition) is 0. The number of ketones is 1. The lowest BCUT2D eigenvalue weighted by molar-refractivity contribution is -0.390. The van der Waals surface area contributed by atoms with Crippen LogP contribution in [0.4, 0.5) is 5.82 Å². The van der Waals surface area contributed by atoms with Crippen molar-refractivity contribution in [2.45, 2.75) is 13.5 Å². The Morgan fingerprint density at radius 1 is 1.31 bits per heavy atom. The van der Waals surface area contributed by atoms with Crippen LogP contribution in [0.5, 0.6) is 0 Å². The fourth-order valence-corrected chi connectivity index (χ4v) is 2.75. The van der Waals surface area contributed by atoms with E-state index in [0.717, 1.165) is 5.56 Å². The van der Waals surface area contributed by atoms with E-state index in [2.05, 4.69) is 21.0 Å². The van der Waals surface area contributed by atoms with Gasteiger partial charge in [-0.2, -0.15) is 4.68 Å². The molecule has 2 heterocycles. The van der Waals surface area contributed by atoms with Crippen LogP contribution in [0.25, 0.3) is 6.08 Å². The van der Waals surface area contributed by atoms with Crippen LogP contribution in [0, 0.1) is 17.0 Å². The van der Waals surface area contributed by atoms with E-state index >= 15 is 0 Å². The van der Waals surface area contributed by atoms with E-state index in [1.54, 1.807) is 30.3 Å². The molecule has 0 amide bonds. The minimum absolute atomic E-state index is 0.116. The summed E-state index contributed by atoms with van der Waals surface area (Å²) in [6, 6.07) is 10.8. The van der Waals surface area contributed by atoms with E-state index in [1.165, 1.54) is 17.0 Å². The maximum atomic E-state index is 12.1. The molecule has 0 unspecified atom stereocenters. The van der Waals surface area contributed by atoms with Gasteiger partial charge in [0.2, 0.25) is 0 Å². The molecule has 7 nitrogen and oxygen atoms in total. The van der Waals surface area contributed by atoms with Crippen LogP contribution >= 0.6 is 15.9 Å². The Morgan fingerprint density at radius 3 is 2.69 bits per heavy atom. The van der Waals surface area contributed by atoms with Gasteiger partial charge in [-0.1, -0.05) is 29.8 Å². The van der Waals surface area contributed by atoms with Crippen molar-refractivity contribution in [3.63, 3.8) is 0 Å². The summed E-state index contributed by atoms with van der Waals surface area (Å²) < 4.78 is 7.33. The quantitative estimate of drug-likeness (QED) is 0.257. The maximum Gasteiger partial charge on any atom is 0.404 e. The third-order valence-electron chi connectivity index (χ3n) is 3.61. The predicted molar refractivity (Wildman–Crippen MR) is 98.9 cm³/mol. The second-order valence-electron chi connectivity index (χ2n) is 5.62. The molecular formula is C18H14BrN3O4. The molecule has 0 radical (unpaired) electrons. The molecule has 0 fully saturated rings. The molecule has 132 valence electrons. The standard InChI is InChI=1S/C18H14BrN3O4/c1-12-2-4-13(5-3-12)17(23)9-8-14-6-7-15(26-14)10-21-11-16(19)18(20-21)22(24)25/h2-9,11H,10H2,1H3/b9-8+. The highest BCUT2D eigenvalue weighted by Gasteiger charge is 2.19. The number of nitrogens with zero attached hydrogens (tertiary/aromatic N) is 3. The molecule has 0 saturated carbocycles. The van der Waals surface area contributed by atoms with E-state index in [-0.39, 0.29) is 18.1 Å². The molecule has 0 atom stereocenters. The lowest BCUT2D eigenvalue weighted by atomic mass is 10.1. The molecule has 0 bridgehead atoms. The fourth-order valence-electron chi connectivity index (χ4n) is 2.29. The van der Waals surface area contributed by atoms with Gasteiger partial charge in [0.25, 0.3) is 0 Å². The first-order valence-electron chi connectivity index (χ1n) is 7.67. The molecule has 0 saturated heterocycles. The number of nitro groups is 1.